The number of carbonyl (C=O) groups excluding carboxylic acids is 3. The Labute approximate surface area is 161 Å². The molecule has 1 heterocycles. The summed E-state index contributed by atoms with van der Waals surface area (Å²) in [5, 5.41) is 5.96. The Morgan fingerprint density at radius 2 is 1.96 bits per heavy atom. The second-order valence-corrected chi connectivity index (χ2v) is 7.90. The Morgan fingerprint density at radius 3 is 2.59 bits per heavy atom. The average molecular weight is 391 g/mol. The molecule has 1 aromatic heterocycles. The van der Waals surface area contributed by atoms with E-state index < -0.39 is 23.4 Å². The summed E-state index contributed by atoms with van der Waals surface area (Å²) in [7, 11) is 0. The topological polar surface area (TPSA) is 140 Å². The van der Waals surface area contributed by atoms with Crippen LogP contribution in [0, 0.1) is 0 Å². The van der Waals surface area contributed by atoms with Gasteiger partial charge in [-0.1, -0.05) is 12.1 Å². The van der Waals surface area contributed by atoms with Gasteiger partial charge in [0.05, 0.1) is 16.6 Å². The number of carbonyl (C=O) groups is 3. The Balaban J connectivity index is 2.04. The molecule has 6 N–H and O–H groups in total. The van der Waals surface area contributed by atoms with E-state index in [1.807, 2.05) is 24.3 Å². The predicted octanol–water partition coefficient (Wildman–Crippen LogP) is 0.443. The number of nitrogens with one attached hydrogen (secondary N) is 2. The third-order valence-corrected chi connectivity index (χ3v) is 5.09. The average Bonchev–Trinajstić information content (AvgIpc) is 2.99. The van der Waals surface area contributed by atoms with Crippen LogP contribution in [0.15, 0.2) is 24.3 Å². The molecule has 0 spiro atoms. The lowest BCUT2D eigenvalue weighted by Gasteiger charge is -2.26. The molecule has 0 aliphatic heterocycles. The van der Waals surface area contributed by atoms with Gasteiger partial charge in [0.2, 0.25) is 17.7 Å². The van der Waals surface area contributed by atoms with Crippen molar-refractivity contribution in [2.75, 3.05) is 6.54 Å². The number of para-hydroxylation sites is 1. The number of fused-ring (bicyclic) bond motifs is 1. The van der Waals surface area contributed by atoms with Gasteiger partial charge >= 0.3 is 0 Å². The number of amides is 3. The van der Waals surface area contributed by atoms with Crippen molar-refractivity contribution < 1.29 is 14.4 Å². The second-order valence-electron chi connectivity index (χ2n) is 6.78. The number of primary amides is 1. The van der Waals surface area contributed by atoms with Crippen molar-refractivity contribution in [1.82, 2.24) is 15.6 Å². The molecule has 0 unspecified atom stereocenters. The standard InChI is InChI=1S/C18H25N5O3S/c1-18(2,17(20)26)23-16(25)12(7-5-9-19)21-14(24)10-15-22-11-6-3-4-8-13(11)27-15/h3-4,6,8,12H,5,7,9-10,19H2,1-2H3,(H2,20,26)(H,21,24)(H,23,25)/t12-/m1/s1. The van der Waals surface area contributed by atoms with Crippen LogP contribution in [0.2, 0.25) is 0 Å². The second kappa shape index (κ2) is 8.92. The SMILES string of the molecule is CC(C)(NC(=O)[C@@H](CCCN)NC(=O)Cc1nc2ccccc2s1)C(N)=O. The zero-order chi connectivity index (χ0) is 20.0. The van der Waals surface area contributed by atoms with Gasteiger partial charge in [0.25, 0.3) is 0 Å². The number of thiazole rings is 1. The summed E-state index contributed by atoms with van der Waals surface area (Å²) in [6.45, 7) is 3.41. The van der Waals surface area contributed by atoms with Gasteiger partial charge in [0, 0.05) is 0 Å². The van der Waals surface area contributed by atoms with Crippen molar-refractivity contribution in [2.45, 2.75) is 44.7 Å². The third-order valence-electron chi connectivity index (χ3n) is 4.05. The van der Waals surface area contributed by atoms with Crippen molar-refractivity contribution in [3.8, 4) is 0 Å². The number of benzene rings is 1. The fraction of sp³-hybridized carbons (Fsp3) is 0.444. The first kappa shape index (κ1) is 20.8. The molecule has 0 aliphatic rings. The van der Waals surface area contributed by atoms with E-state index in [1.165, 1.54) is 25.2 Å². The number of nitrogens with zero attached hydrogens (tertiary/aromatic N) is 1. The maximum Gasteiger partial charge on any atom is 0.243 e. The van der Waals surface area contributed by atoms with Gasteiger partial charge in [-0.3, -0.25) is 14.4 Å². The summed E-state index contributed by atoms with van der Waals surface area (Å²) in [6, 6.07) is 6.83. The summed E-state index contributed by atoms with van der Waals surface area (Å²) in [5.41, 5.74) is 10.4. The highest BCUT2D eigenvalue weighted by atomic mass is 32.1. The molecule has 0 fully saturated rings. The van der Waals surface area contributed by atoms with Crippen LogP contribution < -0.4 is 22.1 Å². The molecule has 2 aromatic rings. The van der Waals surface area contributed by atoms with Gasteiger partial charge in [0.15, 0.2) is 0 Å². The summed E-state index contributed by atoms with van der Waals surface area (Å²) < 4.78 is 1.00. The molecule has 27 heavy (non-hydrogen) atoms. The van der Waals surface area contributed by atoms with Crippen LogP contribution in [0.3, 0.4) is 0 Å². The highest BCUT2D eigenvalue weighted by Gasteiger charge is 2.30. The molecule has 0 saturated heterocycles. The first-order chi connectivity index (χ1) is 12.7. The number of hydrogen-bond acceptors (Lipinski definition) is 6. The van der Waals surface area contributed by atoms with E-state index in [1.54, 1.807) is 0 Å². The summed E-state index contributed by atoms with van der Waals surface area (Å²) in [4.78, 5) is 40.8. The molecule has 0 saturated carbocycles. The highest BCUT2D eigenvalue weighted by Crippen LogP contribution is 2.21. The number of nitrogens with two attached hydrogens (primary N) is 2. The molecular weight excluding hydrogens is 366 g/mol. The first-order valence-electron chi connectivity index (χ1n) is 8.68. The Bertz CT molecular complexity index is 800. The molecule has 146 valence electrons. The molecule has 8 nitrogen and oxygen atoms in total. The molecule has 0 bridgehead atoms. The van der Waals surface area contributed by atoms with Crippen LogP contribution in [0.4, 0.5) is 0 Å². The molecule has 0 aliphatic carbocycles. The fourth-order valence-corrected chi connectivity index (χ4v) is 3.39. The lowest BCUT2D eigenvalue weighted by molar-refractivity contribution is -0.133. The van der Waals surface area contributed by atoms with Crippen LogP contribution in [0.25, 0.3) is 10.2 Å². The Kier molecular flexibility index (Phi) is 6.86. The lowest BCUT2D eigenvalue weighted by Crippen LogP contribution is -2.58. The van der Waals surface area contributed by atoms with Crippen molar-refractivity contribution in [1.29, 1.82) is 0 Å². The van der Waals surface area contributed by atoms with Crippen LogP contribution in [0.1, 0.15) is 31.7 Å². The highest BCUT2D eigenvalue weighted by molar-refractivity contribution is 7.18. The monoisotopic (exact) mass is 391 g/mol. The molecule has 3 amide bonds. The molecular formula is C18H25N5O3S. The van der Waals surface area contributed by atoms with Gasteiger partial charge in [-0.15, -0.1) is 11.3 Å². The van der Waals surface area contributed by atoms with Gasteiger partial charge in [-0.25, -0.2) is 4.98 Å². The maximum atomic E-state index is 12.5. The summed E-state index contributed by atoms with van der Waals surface area (Å²) in [6.07, 6.45) is 0.990. The number of aromatic nitrogens is 1. The lowest BCUT2D eigenvalue weighted by atomic mass is 10.0. The molecule has 1 aromatic carbocycles. The normalized spacial score (nSPS) is 12.6. The molecule has 0 radical (unpaired) electrons. The van der Waals surface area contributed by atoms with Crippen LogP contribution in [-0.2, 0) is 20.8 Å². The van der Waals surface area contributed by atoms with E-state index in [-0.39, 0.29) is 12.3 Å². The van der Waals surface area contributed by atoms with Gasteiger partial charge in [-0.05, 0) is 45.4 Å². The number of hydrogen-bond donors (Lipinski definition) is 4. The van der Waals surface area contributed by atoms with E-state index in [4.69, 9.17) is 11.5 Å². The van der Waals surface area contributed by atoms with Crippen LogP contribution in [-0.4, -0.2) is 40.8 Å². The predicted molar refractivity (Wildman–Crippen MR) is 105 cm³/mol. The summed E-state index contributed by atoms with van der Waals surface area (Å²) >= 11 is 1.44. The zero-order valence-corrected chi connectivity index (χ0v) is 16.3. The molecule has 1 atom stereocenters. The minimum atomic E-state index is -1.21. The van der Waals surface area contributed by atoms with Gasteiger partial charge in [-0.2, -0.15) is 0 Å². The van der Waals surface area contributed by atoms with Crippen molar-refractivity contribution >= 4 is 39.3 Å². The van der Waals surface area contributed by atoms with Crippen molar-refractivity contribution in [3.63, 3.8) is 0 Å². The van der Waals surface area contributed by atoms with Crippen molar-refractivity contribution in [3.05, 3.63) is 29.3 Å². The van der Waals surface area contributed by atoms with Crippen LogP contribution >= 0.6 is 11.3 Å². The van der Waals surface area contributed by atoms with Crippen LogP contribution in [0.5, 0.6) is 0 Å². The zero-order valence-electron chi connectivity index (χ0n) is 15.5. The quantitative estimate of drug-likeness (QED) is 0.491. The Morgan fingerprint density at radius 1 is 1.26 bits per heavy atom. The van der Waals surface area contributed by atoms with E-state index >= 15 is 0 Å². The fourth-order valence-electron chi connectivity index (χ4n) is 2.43. The minimum Gasteiger partial charge on any atom is -0.368 e. The molecule has 9 heteroatoms. The van der Waals surface area contributed by atoms with E-state index in [2.05, 4.69) is 15.6 Å². The minimum absolute atomic E-state index is 0.0744. The largest absolute Gasteiger partial charge is 0.368 e. The smallest absolute Gasteiger partial charge is 0.243 e. The first-order valence-corrected chi connectivity index (χ1v) is 9.50. The van der Waals surface area contributed by atoms with Crippen molar-refractivity contribution in [2.24, 2.45) is 11.5 Å². The third kappa shape index (κ3) is 5.73. The number of rotatable bonds is 9. The van der Waals surface area contributed by atoms with Gasteiger partial charge in [0.1, 0.15) is 16.6 Å². The Hall–Kier alpha value is -2.52. The van der Waals surface area contributed by atoms with Gasteiger partial charge < -0.3 is 22.1 Å². The maximum absolute atomic E-state index is 12.5. The van der Waals surface area contributed by atoms with E-state index in [9.17, 15) is 14.4 Å². The van der Waals surface area contributed by atoms with E-state index in [0.717, 1.165) is 10.2 Å². The molecule has 2 rings (SSSR count). The summed E-state index contributed by atoms with van der Waals surface area (Å²) in [5.74, 6) is -1.44. The van der Waals surface area contributed by atoms with E-state index in [0.29, 0.717) is 24.4 Å².